The van der Waals surface area contributed by atoms with Gasteiger partial charge in [-0.3, -0.25) is 0 Å². The molecule has 64 valence electrons. The first kappa shape index (κ1) is 7.81. The summed E-state index contributed by atoms with van der Waals surface area (Å²) in [6.45, 7) is 2.14. The third kappa shape index (κ3) is 1.37. The number of nitrogens with two attached hydrogens (primary N) is 1. The topological polar surface area (TPSA) is 26.0 Å². The normalized spacial score (nSPS) is 19.2. The van der Waals surface area contributed by atoms with Crippen LogP contribution in [0.3, 0.4) is 0 Å². The fraction of sp³-hybridized carbons (Fsp3) is 0.455. The lowest BCUT2D eigenvalue weighted by Crippen LogP contribution is -2.13. The van der Waals surface area contributed by atoms with E-state index in [9.17, 15) is 0 Å². The van der Waals surface area contributed by atoms with E-state index in [4.69, 9.17) is 5.73 Å². The zero-order chi connectivity index (χ0) is 8.55. The Labute approximate surface area is 73.6 Å². The summed E-state index contributed by atoms with van der Waals surface area (Å²) in [6.07, 6.45) is 2.63. The Hall–Kier alpha value is -0.820. The Kier molecular flexibility index (Phi) is 1.89. The Morgan fingerprint density at radius 1 is 1.33 bits per heavy atom. The molecule has 1 saturated carbocycles. The zero-order valence-corrected chi connectivity index (χ0v) is 7.46. The van der Waals surface area contributed by atoms with Crippen LogP contribution < -0.4 is 5.73 Å². The first-order chi connectivity index (χ1) is 5.79. The van der Waals surface area contributed by atoms with Crippen LogP contribution in [0.15, 0.2) is 24.3 Å². The summed E-state index contributed by atoms with van der Waals surface area (Å²) in [5, 5.41) is 0. The maximum Gasteiger partial charge on any atom is 0.0326 e. The standard InChI is InChI=1S/C11H15N/c1-8-4-2-3-5-10(8)11(12)9-6-7-9/h2-5,9,11H,6-7,12H2,1H3/t11-/m1/s1. The van der Waals surface area contributed by atoms with Crippen molar-refractivity contribution in [1.29, 1.82) is 0 Å². The van der Waals surface area contributed by atoms with Crippen molar-refractivity contribution in [2.45, 2.75) is 25.8 Å². The molecule has 0 radical (unpaired) electrons. The lowest BCUT2D eigenvalue weighted by molar-refractivity contribution is 0.630. The van der Waals surface area contributed by atoms with E-state index in [0.717, 1.165) is 5.92 Å². The summed E-state index contributed by atoms with van der Waals surface area (Å²) < 4.78 is 0. The number of benzene rings is 1. The van der Waals surface area contributed by atoms with Crippen molar-refractivity contribution >= 4 is 0 Å². The van der Waals surface area contributed by atoms with Crippen molar-refractivity contribution in [3.05, 3.63) is 35.4 Å². The quantitative estimate of drug-likeness (QED) is 0.708. The van der Waals surface area contributed by atoms with Gasteiger partial charge in [-0.05, 0) is 36.8 Å². The predicted molar refractivity (Wildman–Crippen MR) is 50.8 cm³/mol. The van der Waals surface area contributed by atoms with Gasteiger partial charge in [-0.2, -0.15) is 0 Å². The molecular weight excluding hydrogens is 146 g/mol. The fourth-order valence-electron chi connectivity index (χ4n) is 1.67. The summed E-state index contributed by atoms with van der Waals surface area (Å²) in [5.74, 6) is 0.756. The summed E-state index contributed by atoms with van der Waals surface area (Å²) in [6, 6.07) is 8.71. The van der Waals surface area contributed by atoms with Crippen molar-refractivity contribution in [2.75, 3.05) is 0 Å². The highest BCUT2D eigenvalue weighted by Gasteiger charge is 2.29. The van der Waals surface area contributed by atoms with Gasteiger partial charge in [-0.25, -0.2) is 0 Å². The number of aryl methyl sites for hydroxylation is 1. The minimum Gasteiger partial charge on any atom is -0.324 e. The van der Waals surface area contributed by atoms with Crippen LogP contribution in [0.1, 0.15) is 30.0 Å². The third-order valence-corrected chi connectivity index (χ3v) is 2.68. The molecule has 2 N–H and O–H groups in total. The second-order valence-corrected chi connectivity index (χ2v) is 3.72. The molecule has 0 aliphatic heterocycles. The van der Waals surface area contributed by atoms with Gasteiger partial charge in [0.2, 0.25) is 0 Å². The van der Waals surface area contributed by atoms with Crippen molar-refractivity contribution in [2.24, 2.45) is 11.7 Å². The lowest BCUT2D eigenvalue weighted by Gasteiger charge is -2.12. The van der Waals surface area contributed by atoms with E-state index in [0.29, 0.717) is 0 Å². The van der Waals surface area contributed by atoms with Gasteiger partial charge < -0.3 is 5.73 Å². The van der Waals surface area contributed by atoms with Crippen molar-refractivity contribution in [3.63, 3.8) is 0 Å². The Morgan fingerprint density at radius 3 is 2.58 bits per heavy atom. The largest absolute Gasteiger partial charge is 0.324 e. The van der Waals surface area contributed by atoms with E-state index in [1.165, 1.54) is 24.0 Å². The maximum atomic E-state index is 6.10. The van der Waals surface area contributed by atoms with E-state index in [-0.39, 0.29) is 6.04 Å². The van der Waals surface area contributed by atoms with Crippen LogP contribution in [0.5, 0.6) is 0 Å². The van der Waals surface area contributed by atoms with Crippen LogP contribution in [0.25, 0.3) is 0 Å². The monoisotopic (exact) mass is 161 g/mol. The van der Waals surface area contributed by atoms with Gasteiger partial charge in [0, 0.05) is 6.04 Å². The van der Waals surface area contributed by atoms with E-state index >= 15 is 0 Å². The van der Waals surface area contributed by atoms with Gasteiger partial charge in [0.1, 0.15) is 0 Å². The molecule has 1 aromatic rings. The van der Waals surface area contributed by atoms with E-state index < -0.39 is 0 Å². The molecule has 12 heavy (non-hydrogen) atoms. The molecule has 1 fully saturated rings. The smallest absolute Gasteiger partial charge is 0.0326 e. The van der Waals surface area contributed by atoms with Crippen LogP contribution in [0.2, 0.25) is 0 Å². The van der Waals surface area contributed by atoms with Crippen LogP contribution in [0, 0.1) is 12.8 Å². The number of hydrogen-bond acceptors (Lipinski definition) is 1. The molecule has 0 bridgehead atoms. The zero-order valence-electron chi connectivity index (χ0n) is 7.46. The second-order valence-electron chi connectivity index (χ2n) is 3.72. The molecule has 0 unspecified atom stereocenters. The molecule has 1 aromatic carbocycles. The van der Waals surface area contributed by atoms with Gasteiger partial charge in [0.15, 0.2) is 0 Å². The maximum absolute atomic E-state index is 6.10. The molecule has 0 spiro atoms. The molecule has 0 aromatic heterocycles. The van der Waals surface area contributed by atoms with Crippen LogP contribution >= 0.6 is 0 Å². The summed E-state index contributed by atoms with van der Waals surface area (Å²) in [7, 11) is 0. The van der Waals surface area contributed by atoms with Gasteiger partial charge in [0.25, 0.3) is 0 Å². The molecule has 1 atom stereocenters. The van der Waals surface area contributed by atoms with Crippen molar-refractivity contribution in [3.8, 4) is 0 Å². The highest BCUT2D eigenvalue weighted by atomic mass is 14.7. The first-order valence-electron chi connectivity index (χ1n) is 4.60. The van der Waals surface area contributed by atoms with E-state index in [1.807, 2.05) is 0 Å². The van der Waals surface area contributed by atoms with Gasteiger partial charge in [-0.15, -0.1) is 0 Å². The van der Waals surface area contributed by atoms with Crippen molar-refractivity contribution in [1.82, 2.24) is 0 Å². The lowest BCUT2D eigenvalue weighted by atomic mass is 9.99. The minimum atomic E-state index is 0.284. The molecular formula is C11H15N. The van der Waals surface area contributed by atoms with Crippen LogP contribution in [0.4, 0.5) is 0 Å². The van der Waals surface area contributed by atoms with Crippen LogP contribution in [-0.2, 0) is 0 Å². The molecule has 1 aliphatic carbocycles. The van der Waals surface area contributed by atoms with Gasteiger partial charge in [-0.1, -0.05) is 24.3 Å². The fourth-order valence-corrected chi connectivity index (χ4v) is 1.67. The summed E-state index contributed by atoms with van der Waals surface area (Å²) >= 11 is 0. The Balaban J connectivity index is 2.25. The second kappa shape index (κ2) is 2.91. The number of hydrogen-bond donors (Lipinski definition) is 1. The molecule has 1 aliphatic rings. The molecule has 1 heteroatoms. The van der Waals surface area contributed by atoms with Crippen molar-refractivity contribution < 1.29 is 0 Å². The van der Waals surface area contributed by atoms with Gasteiger partial charge >= 0.3 is 0 Å². The summed E-state index contributed by atoms with van der Waals surface area (Å²) in [4.78, 5) is 0. The molecule has 1 nitrogen and oxygen atoms in total. The average Bonchev–Trinajstić information content (AvgIpc) is 2.86. The third-order valence-electron chi connectivity index (χ3n) is 2.68. The highest BCUT2D eigenvalue weighted by molar-refractivity contribution is 5.29. The Bertz CT molecular complexity index is 276. The number of rotatable bonds is 2. The minimum absolute atomic E-state index is 0.284. The molecule has 2 rings (SSSR count). The van der Waals surface area contributed by atoms with E-state index in [1.54, 1.807) is 0 Å². The molecule has 0 saturated heterocycles. The van der Waals surface area contributed by atoms with Gasteiger partial charge in [0.05, 0.1) is 0 Å². The van der Waals surface area contributed by atoms with E-state index in [2.05, 4.69) is 31.2 Å². The van der Waals surface area contributed by atoms with Crippen LogP contribution in [-0.4, -0.2) is 0 Å². The predicted octanol–water partition coefficient (Wildman–Crippen LogP) is 2.40. The first-order valence-corrected chi connectivity index (χ1v) is 4.60. The molecule has 0 heterocycles. The molecule has 0 amide bonds. The average molecular weight is 161 g/mol. The SMILES string of the molecule is Cc1ccccc1[C@H](N)C1CC1. The highest BCUT2D eigenvalue weighted by Crippen LogP contribution is 2.40. The Morgan fingerprint density at radius 2 is 2.00 bits per heavy atom. The summed E-state index contributed by atoms with van der Waals surface area (Å²) in [5.41, 5.74) is 8.76.